The van der Waals surface area contributed by atoms with Gasteiger partial charge in [0.1, 0.15) is 0 Å². The summed E-state index contributed by atoms with van der Waals surface area (Å²) in [4.78, 5) is 0.778. The molecule has 0 fully saturated rings. The van der Waals surface area contributed by atoms with Crippen molar-refractivity contribution in [2.24, 2.45) is 0 Å². The number of fused-ring (bicyclic) bond motifs is 1. The number of nitrogens with zero attached hydrogens (tertiary/aromatic N) is 1. The third kappa shape index (κ3) is 1.40. The van der Waals surface area contributed by atoms with Crippen LogP contribution in [-0.2, 0) is 6.61 Å². The van der Waals surface area contributed by atoms with Crippen molar-refractivity contribution in [3.05, 3.63) is 28.6 Å². The van der Waals surface area contributed by atoms with E-state index in [9.17, 15) is 0 Å². The van der Waals surface area contributed by atoms with Crippen LogP contribution in [0.1, 0.15) is 11.1 Å². The average Bonchev–Trinajstić information content (AvgIpc) is 2.59. The van der Waals surface area contributed by atoms with Gasteiger partial charge in [0, 0.05) is 15.0 Å². The van der Waals surface area contributed by atoms with Crippen molar-refractivity contribution in [1.29, 1.82) is 5.26 Å². The maximum absolute atomic E-state index is 9.09. The van der Waals surface area contributed by atoms with Crippen LogP contribution in [0.5, 0.6) is 0 Å². The van der Waals surface area contributed by atoms with Gasteiger partial charge in [-0.05, 0) is 23.1 Å². The molecule has 0 bridgehead atoms. The summed E-state index contributed by atoms with van der Waals surface area (Å²) >= 11 is 5.74. The fourth-order valence-corrected chi connectivity index (χ4v) is 2.78. The Balaban J connectivity index is 2.87. The van der Waals surface area contributed by atoms with E-state index in [1.165, 1.54) is 11.3 Å². The van der Waals surface area contributed by atoms with Crippen molar-refractivity contribution in [1.82, 2.24) is 0 Å². The Bertz CT molecular complexity index is 525. The number of thiol groups is 1. The highest BCUT2D eigenvalue weighted by Crippen LogP contribution is 2.31. The van der Waals surface area contributed by atoms with Gasteiger partial charge >= 0.3 is 0 Å². The van der Waals surface area contributed by atoms with Crippen molar-refractivity contribution in [3.63, 3.8) is 0 Å². The van der Waals surface area contributed by atoms with Gasteiger partial charge in [-0.25, -0.2) is 0 Å². The molecule has 2 nitrogen and oxygen atoms in total. The summed E-state index contributed by atoms with van der Waals surface area (Å²) in [5, 5.41) is 20.8. The van der Waals surface area contributed by atoms with E-state index < -0.39 is 0 Å². The summed E-state index contributed by atoms with van der Waals surface area (Å²) in [5.74, 6) is 0. The molecular formula is C10H7NOS2. The smallest absolute Gasteiger partial charge is 0.0999 e. The molecule has 0 aliphatic heterocycles. The van der Waals surface area contributed by atoms with Gasteiger partial charge < -0.3 is 5.11 Å². The Kier molecular flexibility index (Phi) is 2.46. The quantitative estimate of drug-likeness (QED) is 0.727. The normalized spacial score (nSPS) is 10.4. The van der Waals surface area contributed by atoms with Crippen LogP contribution in [-0.4, -0.2) is 5.11 Å². The number of thiophene rings is 1. The summed E-state index contributed by atoms with van der Waals surface area (Å²) in [7, 11) is 0. The molecule has 0 atom stereocenters. The third-order valence-corrected chi connectivity index (χ3v) is 3.26. The number of aliphatic hydroxyl groups is 1. The Morgan fingerprint density at radius 1 is 1.50 bits per heavy atom. The van der Waals surface area contributed by atoms with Crippen molar-refractivity contribution < 1.29 is 5.11 Å². The molecule has 0 aliphatic rings. The SMILES string of the molecule is N#Cc1cc(S)cc2scc(CO)c12. The first-order valence-corrected chi connectivity index (χ1v) is 5.33. The number of benzene rings is 1. The molecule has 1 heterocycles. The second-order valence-electron chi connectivity index (χ2n) is 2.90. The molecule has 0 amide bonds. The zero-order valence-electron chi connectivity index (χ0n) is 7.19. The zero-order chi connectivity index (χ0) is 10.1. The summed E-state index contributed by atoms with van der Waals surface area (Å²) in [5.41, 5.74) is 1.40. The van der Waals surface area contributed by atoms with Crippen molar-refractivity contribution in [2.45, 2.75) is 11.5 Å². The van der Waals surface area contributed by atoms with E-state index in [4.69, 9.17) is 10.4 Å². The lowest BCUT2D eigenvalue weighted by Crippen LogP contribution is -1.83. The van der Waals surface area contributed by atoms with Crippen LogP contribution in [0.3, 0.4) is 0 Å². The highest BCUT2D eigenvalue weighted by atomic mass is 32.1. The molecule has 1 aromatic carbocycles. The summed E-state index contributed by atoms with van der Waals surface area (Å²) in [6, 6.07) is 5.74. The fraction of sp³-hybridized carbons (Fsp3) is 0.100. The summed E-state index contributed by atoms with van der Waals surface area (Å²) in [6.45, 7) is -0.0272. The molecule has 2 aromatic rings. The molecule has 0 saturated carbocycles. The average molecular weight is 221 g/mol. The first-order chi connectivity index (χ1) is 6.76. The number of rotatable bonds is 1. The molecule has 14 heavy (non-hydrogen) atoms. The molecule has 0 unspecified atom stereocenters. The summed E-state index contributed by atoms with van der Waals surface area (Å²) < 4.78 is 0.998. The maximum atomic E-state index is 9.09. The number of aliphatic hydroxyl groups excluding tert-OH is 1. The molecule has 70 valence electrons. The highest BCUT2D eigenvalue weighted by molar-refractivity contribution is 7.80. The van der Waals surface area contributed by atoms with Gasteiger partial charge in [0.05, 0.1) is 18.2 Å². The van der Waals surface area contributed by atoms with E-state index >= 15 is 0 Å². The van der Waals surface area contributed by atoms with Gasteiger partial charge in [0.2, 0.25) is 0 Å². The molecule has 4 heteroatoms. The van der Waals surface area contributed by atoms with E-state index in [-0.39, 0.29) is 6.61 Å². The molecular weight excluding hydrogens is 214 g/mol. The molecule has 0 aliphatic carbocycles. The van der Waals surface area contributed by atoms with E-state index in [1.54, 1.807) is 6.07 Å². The lowest BCUT2D eigenvalue weighted by atomic mass is 10.1. The van der Waals surface area contributed by atoms with Crippen molar-refractivity contribution in [3.8, 4) is 6.07 Å². The van der Waals surface area contributed by atoms with Gasteiger partial charge in [-0.15, -0.1) is 24.0 Å². The summed E-state index contributed by atoms with van der Waals surface area (Å²) in [6.07, 6.45) is 0. The minimum atomic E-state index is -0.0272. The first-order valence-electron chi connectivity index (χ1n) is 4.00. The van der Waals surface area contributed by atoms with Crippen LogP contribution in [0.15, 0.2) is 22.4 Å². The van der Waals surface area contributed by atoms with Gasteiger partial charge in [0.25, 0.3) is 0 Å². The third-order valence-electron chi connectivity index (χ3n) is 2.03. The van der Waals surface area contributed by atoms with Crippen LogP contribution in [0.4, 0.5) is 0 Å². The Morgan fingerprint density at radius 2 is 2.29 bits per heavy atom. The van der Waals surface area contributed by atoms with Gasteiger partial charge in [-0.1, -0.05) is 0 Å². The molecule has 0 saturated heterocycles. The molecule has 1 aromatic heterocycles. The number of hydrogen-bond acceptors (Lipinski definition) is 4. The lowest BCUT2D eigenvalue weighted by Gasteiger charge is -1.98. The van der Waals surface area contributed by atoms with Crippen LogP contribution in [0.2, 0.25) is 0 Å². The first kappa shape index (κ1) is 9.53. The molecule has 2 rings (SSSR count). The predicted octanol–water partition coefficient (Wildman–Crippen LogP) is 2.55. The lowest BCUT2D eigenvalue weighted by molar-refractivity contribution is 0.284. The molecule has 0 radical (unpaired) electrons. The van der Waals surface area contributed by atoms with Crippen molar-refractivity contribution >= 4 is 34.1 Å². The van der Waals surface area contributed by atoms with E-state index in [0.717, 1.165) is 20.5 Å². The Labute approximate surface area is 90.8 Å². The van der Waals surface area contributed by atoms with E-state index in [1.807, 2.05) is 11.4 Å². The van der Waals surface area contributed by atoms with Crippen LogP contribution in [0.25, 0.3) is 10.1 Å². The largest absolute Gasteiger partial charge is 0.392 e. The molecule has 1 N–H and O–H groups in total. The monoisotopic (exact) mass is 221 g/mol. The minimum absolute atomic E-state index is 0.0272. The second-order valence-corrected chi connectivity index (χ2v) is 4.32. The van der Waals surface area contributed by atoms with Crippen molar-refractivity contribution in [2.75, 3.05) is 0 Å². The van der Waals surface area contributed by atoms with Gasteiger partial charge in [-0.3, -0.25) is 0 Å². The number of nitriles is 1. The van der Waals surface area contributed by atoms with E-state index in [0.29, 0.717) is 5.56 Å². The van der Waals surface area contributed by atoms with Crippen LogP contribution < -0.4 is 0 Å². The maximum Gasteiger partial charge on any atom is 0.0999 e. The minimum Gasteiger partial charge on any atom is -0.392 e. The Hall–Kier alpha value is -1.02. The predicted molar refractivity (Wildman–Crippen MR) is 59.7 cm³/mol. The highest BCUT2D eigenvalue weighted by Gasteiger charge is 2.08. The fourth-order valence-electron chi connectivity index (χ4n) is 1.42. The second kappa shape index (κ2) is 3.62. The van der Waals surface area contributed by atoms with Crippen LogP contribution in [0, 0.1) is 11.3 Å². The van der Waals surface area contributed by atoms with E-state index in [2.05, 4.69) is 18.7 Å². The number of hydrogen-bond donors (Lipinski definition) is 2. The topological polar surface area (TPSA) is 44.0 Å². The van der Waals surface area contributed by atoms with Crippen LogP contribution >= 0.6 is 24.0 Å². The standard InChI is InChI=1S/C10H7NOS2/c11-3-6-1-8(13)2-9-10(6)7(4-12)5-14-9/h1-2,5,12-13H,4H2. The molecule has 0 spiro atoms. The Morgan fingerprint density at radius 3 is 2.93 bits per heavy atom. The van der Waals surface area contributed by atoms with Gasteiger partial charge in [-0.2, -0.15) is 5.26 Å². The van der Waals surface area contributed by atoms with Gasteiger partial charge in [0.15, 0.2) is 0 Å². The zero-order valence-corrected chi connectivity index (χ0v) is 8.90.